The van der Waals surface area contributed by atoms with E-state index in [2.05, 4.69) is 49.1 Å². The molecule has 1 saturated heterocycles. The van der Waals surface area contributed by atoms with Gasteiger partial charge in [-0.1, -0.05) is 30.3 Å². The van der Waals surface area contributed by atoms with Crippen LogP contribution in [0.1, 0.15) is 31.9 Å². The van der Waals surface area contributed by atoms with Gasteiger partial charge in [0.2, 0.25) is 0 Å². The Morgan fingerprint density at radius 1 is 1.29 bits per heavy atom. The van der Waals surface area contributed by atoms with Crippen molar-refractivity contribution in [2.75, 3.05) is 6.54 Å². The lowest BCUT2D eigenvalue weighted by Crippen LogP contribution is -2.46. The number of hydrogen-bond acceptors (Lipinski definition) is 1. The molecule has 78 valence electrons. The van der Waals surface area contributed by atoms with Gasteiger partial charge in [-0.15, -0.1) is 12.4 Å². The zero-order chi connectivity index (χ0) is 9.26. The van der Waals surface area contributed by atoms with Crippen LogP contribution in [0.15, 0.2) is 30.3 Å². The summed E-state index contributed by atoms with van der Waals surface area (Å²) in [5.41, 5.74) is 1.44. The minimum absolute atomic E-state index is 0. The van der Waals surface area contributed by atoms with E-state index in [4.69, 9.17) is 0 Å². The van der Waals surface area contributed by atoms with E-state index >= 15 is 0 Å². The van der Waals surface area contributed by atoms with E-state index in [1.54, 1.807) is 0 Å². The summed E-state index contributed by atoms with van der Waals surface area (Å²) in [6, 6.07) is 12.1. The average Bonchev–Trinajstić information content (AvgIpc) is 2.17. The fourth-order valence-electron chi connectivity index (χ4n) is 2.03. The largest absolute Gasteiger partial charge is 0.294 e. The zero-order valence-corrected chi connectivity index (χ0v) is 9.63. The molecule has 2 heteroatoms. The predicted molar refractivity (Wildman–Crippen MR) is 62.9 cm³/mol. The molecule has 0 bridgehead atoms. The lowest BCUT2D eigenvalue weighted by molar-refractivity contribution is 0.0605. The van der Waals surface area contributed by atoms with Crippen LogP contribution in [0.4, 0.5) is 0 Å². The zero-order valence-electron chi connectivity index (χ0n) is 8.81. The van der Waals surface area contributed by atoms with Crippen molar-refractivity contribution in [3.63, 3.8) is 0 Å². The maximum Gasteiger partial charge on any atom is 0.0322 e. The first-order chi connectivity index (χ1) is 6.29. The van der Waals surface area contributed by atoms with Gasteiger partial charge in [0.1, 0.15) is 0 Å². The molecule has 14 heavy (non-hydrogen) atoms. The first-order valence-corrected chi connectivity index (χ1v) is 5.09. The molecular weight excluding hydrogens is 194 g/mol. The monoisotopic (exact) mass is 211 g/mol. The second kappa shape index (κ2) is 4.81. The molecule has 0 N–H and O–H groups in total. The quantitative estimate of drug-likeness (QED) is 0.726. The molecule has 0 unspecified atom stereocenters. The number of rotatable bonds is 2. The Balaban J connectivity index is 0.000000980. The maximum absolute atomic E-state index is 2.55. The Kier molecular flexibility index (Phi) is 3.97. The molecule has 0 saturated carbocycles. The standard InChI is InChI=1S/C12H17N.ClH/c1-10-8-9-13(10)11(2)12-6-4-3-5-7-12;/h3-7,10-11H,8-9H2,1-2H3;1H/t10-,11-;/m0./s1. The fourth-order valence-corrected chi connectivity index (χ4v) is 2.03. The summed E-state index contributed by atoms with van der Waals surface area (Å²) in [4.78, 5) is 2.55. The van der Waals surface area contributed by atoms with Crippen LogP contribution >= 0.6 is 12.4 Å². The minimum atomic E-state index is 0. The first kappa shape index (κ1) is 11.5. The summed E-state index contributed by atoms with van der Waals surface area (Å²) in [7, 11) is 0. The fraction of sp³-hybridized carbons (Fsp3) is 0.500. The molecule has 2 rings (SSSR count). The number of hydrogen-bond donors (Lipinski definition) is 0. The molecule has 1 aliphatic heterocycles. The topological polar surface area (TPSA) is 3.24 Å². The summed E-state index contributed by atoms with van der Waals surface area (Å²) in [5.74, 6) is 0. The molecule has 0 radical (unpaired) electrons. The van der Waals surface area contributed by atoms with Crippen LogP contribution in [0.25, 0.3) is 0 Å². The summed E-state index contributed by atoms with van der Waals surface area (Å²) < 4.78 is 0. The highest BCUT2D eigenvalue weighted by molar-refractivity contribution is 5.85. The summed E-state index contributed by atoms with van der Waals surface area (Å²) in [5, 5.41) is 0. The van der Waals surface area contributed by atoms with E-state index in [9.17, 15) is 0 Å². The summed E-state index contributed by atoms with van der Waals surface area (Å²) in [6.07, 6.45) is 1.36. The molecule has 0 aromatic heterocycles. The predicted octanol–water partition coefficient (Wildman–Crippen LogP) is 3.26. The Morgan fingerprint density at radius 2 is 1.93 bits per heavy atom. The minimum Gasteiger partial charge on any atom is -0.294 e. The number of benzene rings is 1. The van der Waals surface area contributed by atoms with Crippen molar-refractivity contribution in [3.8, 4) is 0 Å². The van der Waals surface area contributed by atoms with E-state index in [0.29, 0.717) is 6.04 Å². The van der Waals surface area contributed by atoms with Crippen molar-refractivity contribution in [1.82, 2.24) is 4.90 Å². The van der Waals surface area contributed by atoms with Gasteiger partial charge in [-0.25, -0.2) is 0 Å². The third-order valence-electron chi connectivity index (χ3n) is 3.15. The molecule has 0 aliphatic carbocycles. The average molecular weight is 212 g/mol. The van der Waals surface area contributed by atoms with Gasteiger partial charge in [0, 0.05) is 18.6 Å². The van der Waals surface area contributed by atoms with Gasteiger partial charge in [0.05, 0.1) is 0 Å². The van der Waals surface area contributed by atoms with Crippen molar-refractivity contribution >= 4 is 12.4 Å². The Morgan fingerprint density at radius 3 is 2.36 bits per heavy atom. The molecule has 2 atom stereocenters. The van der Waals surface area contributed by atoms with Crippen molar-refractivity contribution < 1.29 is 0 Å². The molecule has 1 nitrogen and oxygen atoms in total. The second-order valence-corrected chi connectivity index (χ2v) is 3.96. The van der Waals surface area contributed by atoms with Crippen LogP contribution in [-0.4, -0.2) is 17.5 Å². The molecule has 1 aliphatic rings. The SMILES string of the molecule is C[C@H]1CCN1[C@@H](C)c1ccccc1.Cl. The second-order valence-electron chi connectivity index (χ2n) is 3.96. The van der Waals surface area contributed by atoms with Gasteiger partial charge < -0.3 is 0 Å². The highest BCUT2D eigenvalue weighted by Crippen LogP contribution is 2.29. The van der Waals surface area contributed by atoms with Crippen molar-refractivity contribution in [1.29, 1.82) is 0 Å². The van der Waals surface area contributed by atoms with E-state index in [1.165, 1.54) is 18.5 Å². The number of likely N-dealkylation sites (tertiary alicyclic amines) is 1. The normalized spacial score (nSPS) is 23.4. The van der Waals surface area contributed by atoms with Gasteiger partial charge in [0.15, 0.2) is 0 Å². The summed E-state index contributed by atoms with van der Waals surface area (Å²) >= 11 is 0. The van der Waals surface area contributed by atoms with E-state index in [-0.39, 0.29) is 12.4 Å². The highest BCUT2D eigenvalue weighted by Gasteiger charge is 2.28. The van der Waals surface area contributed by atoms with Crippen LogP contribution in [0.2, 0.25) is 0 Å². The van der Waals surface area contributed by atoms with E-state index < -0.39 is 0 Å². The van der Waals surface area contributed by atoms with Gasteiger partial charge in [-0.3, -0.25) is 4.90 Å². The molecule has 1 aromatic carbocycles. The molecule has 0 spiro atoms. The molecular formula is C12H18ClN. The third kappa shape index (κ3) is 2.10. The van der Waals surface area contributed by atoms with Gasteiger partial charge in [0.25, 0.3) is 0 Å². The molecule has 1 heterocycles. The lowest BCUT2D eigenvalue weighted by atomic mass is 9.98. The Hall–Kier alpha value is -0.530. The van der Waals surface area contributed by atoms with Crippen molar-refractivity contribution in [3.05, 3.63) is 35.9 Å². The van der Waals surface area contributed by atoms with Crippen LogP contribution in [0.5, 0.6) is 0 Å². The van der Waals surface area contributed by atoms with Crippen LogP contribution in [0.3, 0.4) is 0 Å². The van der Waals surface area contributed by atoms with Gasteiger partial charge in [-0.05, 0) is 25.8 Å². The smallest absolute Gasteiger partial charge is 0.0322 e. The van der Waals surface area contributed by atoms with Crippen molar-refractivity contribution in [2.24, 2.45) is 0 Å². The van der Waals surface area contributed by atoms with Gasteiger partial charge >= 0.3 is 0 Å². The third-order valence-corrected chi connectivity index (χ3v) is 3.15. The maximum atomic E-state index is 2.55. The summed E-state index contributed by atoms with van der Waals surface area (Å²) in [6.45, 7) is 5.87. The lowest BCUT2D eigenvalue weighted by Gasteiger charge is -2.43. The molecule has 1 aromatic rings. The molecule has 1 fully saturated rings. The molecule has 0 amide bonds. The van der Waals surface area contributed by atoms with E-state index in [1.807, 2.05) is 0 Å². The Labute approximate surface area is 92.5 Å². The first-order valence-electron chi connectivity index (χ1n) is 5.09. The Bertz CT molecular complexity index is 273. The van der Waals surface area contributed by atoms with Crippen LogP contribution < -0.4 is 0 Å². The number of nitrogens with zero attached hydrogens (tertiary/aromatic N) is 1. The highest BCUT2D eigenvalue weighted by atomic mass is 35.5. The van der Waals surface area contributed by atoms with E-state index in [0.717, 1.165) is 6.04 Å². The van der Waals surface area contributed by atoms with Crippen LogP contribution in [-0.2, 0) is 0 Å². The van der Waals surface area contributed by atoms with Crippen LogP contribution in [0, 0.1) is 0 Å². The number of halogens is 1. The van der Waals surface area contributed by atoms with Gasteiger partial charge in [-0.2, -0.15) is 0 Å². The van der Waals surface area contributed by atoms with Crippen molar-refractivity contribution in [2.45, 2.75) is 32.4 Å².